The second-order valence-corrected chi connectivity index (χ2v) is 6.39. The quantitative estimate of drug-likeness (QED) is 0.769. The van der Waals surface area contributed by atoms with E-state index in [1.807, 2.05) is 24.3 Å². The Labute approximate surface area is 143 Å². The number of aromatic amines is 1. The van der Waals surface area contributed by atoms with Gasteiger partial charge in [-0.1, -0.05) is 12.1 Å². The standard InChI is InChI=1S/C19H17F2N3O/c20-14-8-13(9-15(21)10-14)19(25)24-7-3-4-12(11-24)18-22-16-5-1-2-6-17(16)23-18/h1-2,5-6,8-10,12H,3-4,7,11H2,(H,22,23)/t12-/m0/s1. The predicted octanol–water partition coefficient (Wildman–Crippen LogP) is 3.86. The number of H-pyrrole nitrogens is 1. The summed E-state index contributed by atoms with van der Waals surface area (Å²) < 4.78 is 26.8. The first-order valence-corrected chi connectivity index (χ1v) is 8.30. The van der Waals surface area contributed by atoms with Crippen LogP contribution in [0.25, 0.3) is 11.0 Å². The van der Waals surface area contributed by atoms with Gasteiger partial charge in [0.1, 0.15) is 17.5 Å². The zero-order valence-electron chi connectivity index (χ0n) is 13.5. The molecule has 0 radical (unpaired) electrons. The van der Waals surface area contributed by atoms with Crippen molar-refractivity contribution < 1.29 is 13.6 Å². The fraction of sp³-hybridized carbons (Fsp3) is 0.263. The molecule has 0 bridgehead atoms. The molecule has 1 saturated heterocycles. The molecular weight excluding hydrogens is 324 g/mol. The second kappa shape index (κ2) is 6.27. The van der Waals surface area contributed by atoms with E-state index in [1.165, 1.54) is 0 Å². The van der Waals surface area contributed by atoms with Crippen LogP contribution in [-0.4, -0.2) is 33.9 Å². The van der Waals surface area contributed by atoms with Crippen LogP contribution in [0.4, 0.5) is 8.78 Å². The van der Waals surface area contributed by atoms with Gasteiger partial charge in [-0.3, -0.25) is 4.79 Å². The SMILES string of the molecule is O=C(c1cc(F)cc(F)c1)N1CCC[C@H](c2nc3ccccc3[nH]2)C1. The van der Waals surface area contributed by atoms with Crippen molar-refractivity contribution >= 4 is 16.9 Å². The smallest absolute Gasteiger partial charge is 0.254 e. The van der Waals surface area contributed by atoms with Crippen LogP contribution >= 0.6 is 0 Å². The number of imidazole rings is 1. The molecule has 3 aromatic rings. The number of halogens is 2. The number of likely N-dealkylation sites (tertiary alicyclic amines) is 1. The number of carbonyl (C=O) groups is 1. The van der Waals surface area contributed by atoms with E-state index in [4.69, 9.17) is 0 Å². The summed E-state index contributed by atoms with van der Waals surface area (Å²) in [5.41, 5.74) is 1.91. The number of fused-ring (bicyclic) bond motifs is 1. The highest BCUT2D eigenvalue weighted by Crippen LogP contribution is 2.27. The van der Waals surface area contributed by atoms with E-state index in [0.29, 0.717) is 13.1 Å². The van der Waals surface area contributed by atoms with Crippen LogP contribution in [-0.2, 0) is 0 Å². The van der Waals surface area contributed by atoms with Crippen molar-refractivity contribution in [3.05, 3.63) is 65.5 Å². The Hall–Kier alpha value is -2.76. The van der Waals surface area contributed by atoms with E-state index >= 15 is 0 Å². The third kappa shape index (κ3) is 3.12. The molecule has 128 valence electrons. The second-order valence-electron chi connectivity index (χ2n) is 6.39. The van der Waals surface area contributed by atoms with Gasteiger partial charge in [0, 0.05) is 30.6 Å². The minimum absolute atomic E-state index is 0.0442. The zero-order valence-corrected chi connectivity index (χ0v) is 13.5. The minimum atomic E-state index is -0.741. The summed E-state index contributed by atoms with van der Waals surface area (Å²) >= 11 is 0. The molecule has 25 heavy (non-hydrogen) atoms. The number of hydrogen-bond acceptors (Lipinski definition) is 2. The van der Waals surface area contributed by atoms with E-state index in [-0.39, 0.29) is 17.4 Å². The van der Waals surface area contributed by atoms with Crippen molar-refractivity contribution in [3.63, 3.8) is 0 Å². The van der Waals surface area contributed by atoms with Crippen molar-refractivity contribution in [3.8, 4) is 0 Å². The van der Waals surface area contributed by atoms with Gasteiger partial charge in [0.15, 0.2) is 0 Å². The highest BCUT2D eigenvalue weighted by molar-refractivity contribution is 5.94. The molecule has 0 saturated carbocycles. The van der Waals surface area contributed by atoms with Crippen molar-refractivity contribution in [1.29, 1.82) is 0 Å². The van der Waals surface area contributed by atoms with Gasteiger partial charge in [-0.05, 0) is 37.1 Å². The number of rotatable bonds is 2. The number of nitrogens with zero attached hydrogens (tertiary/aromatic N) is 2. The Morgan fingerprint density at radius 3 is 2.68 bits per heavy atom. The van der Waals surface area contributed by atoms with E-state index in [1.54, 1.807) is 4.90 Å². The normalized spacial score (nSPS) is 17.8. The number of piperidine rings is 1. The number of nitrogens with one attached hydrogen (secondary N) is 1. The highest BCUT2D eigenvalue weighted by atomic mass is 19.1. The molecule has 1 amide bonds. The Balaban J connectivity index is 1.57. The first-order chi connectivity index (χ1) is 12.1. The van der Waals surface area contributed by atoms with Gasteiger partial charge in [-0.2, -0.15) is 0 Å². The highest BCUT2D eigenvalue weighted by Gasteiger charge is 2.27. The molecule has 4 rings (SSSR count). The third-order valence-corrected chi connectivity index (χ3v) is 4.61. The number of amides is 1. The first kappa shape index (κ1) is 15.7. The molecule has 1 fully saturated rings. The maximum atomic E-state index is 13.4. The van der Waals surface area contributed by atoms with Crippen molar-refractivity contribution in [2.75, 3.05) is 13.1 Å². The number of carbonyl (C=O) groups excluding carboxylic acids is 1. The molecule has 1 aliphatic heterocycles. The Bertz CT molecular complexity index is 884. The van der Waals surface area contributed by atoms with Gasteiger partial charge < -0.3 is 9.88 Å². The summed E-state index contributed by atoms with van der Waals surface area (Å²) in [6, 6.07) is 10.7. The van der Waals surface area contributed by atoms with Crippen LogP contribution < -0.4 is 0 Å². The Morgan fingerprint density at radius 1 is 1.16 bits per heavy atom. The van der Waals surface area contributed by atoms with Crippen LogP contribution in [0.2, 0.25) is 0 Å². The van der Waals surface area contributed by atoms with Crippen molar-refractivity contribution in [2.45, 2.75) is 18.8 Å². The van der Waals surface area contributed by atoms with Crippen LogP contribution in [0.3, 0.4) is 0 Å². The summed E-state index contributed by atoms with van der Waals surface area (Å²) in [4.78, 5) is 22.2. The number of para-hydroxylation sites is 2. The fourth-order valence-corrected chi connectivity index (χ4v) is 3.41. The van der Waals surface area contributed by atoms with E-state index in [2.05, 4.69) is 9.97 Å². The fourth-order valence-electron chi connectivity index (χ4n) is 3.41. The number of benzene rings is 2. The van der Waals surface area contributed by atoms with Gasteiger partial charge in [-0.15, -0.1) is 0 Å². The average molecular weight is 341 g/mol. The molecule has 2 aromatic carbocycles. The largest absolute Gasteiger partial charge is 0.342 e. The summed E-state index contributed by atoms with van der Waals surface area (Å²) in [6.07, 6.45) is 1.74. The number of hydrogen-bond donors (Lipinski definition) is 1. The van der Waals surface area contributed by atoms with Crippen molar-refractivity contribution in [2.24, 2.45) is 0 Å². The first-order valence-electron chi connectivity index (χ1n) is 8.30. The number of aromatic nitrogens is 2. The Morgan fingerprint density at radius 2 is 1.92 bits per heavy atom. The average Bonchev–Trinajstić information content (AvgIpc) is 3.04. The molecule has 6 heteroatoms. The minimum Gasteiger partial charge on any atom is -0.342 e. The summed E-state index contributed by atoms with van der Waals surface area (Å²) in [5, 5.41) is 0. The molecule has 1 aliphatic rings. The summed E-state index contributed by atoms with van der Waals surface area (Å²) in [6.45, 7) is 1.06. The lowest BCUT2D eigenvalue weighted by Gasteiger charge is -2.32. The van der Waals surface area contributed by atoms with Gasteiger partial charge in [-0.25, -0.2) is 13.8 Å². The lowest BCUT2D eigenvalue weighted by atomic mass is 9.96. The molecule has 1 aromatic heterocycles. The summed E-state index contributed by atoms with van der Waals surface area (Å²) in [7, 11) is 0. The molecule has 1 N–H and O–H groups in total. The molecule has 2 heterocycles. The van der Waals surface area contributed by atoms with E-state index in [0.717, 1.165) is 47.9 Å². The molecule has 0 aliphatic carbocycles. The third-order valence-electron chi connectivity index (χ3n) is 4.61. The maximum absolute atomic E-state index is 13.4. The zero-order chi connectivity index (χ0) is 17.4. The van der Waals surface area contributed by atoms with Gasteiger partial charge in [0.2, 0.25) is 0 Å². The van der Waals surface area contributed by atoms with Crippen LogP contribution in [0.5, 0.6) is 0 Å². The lowest BCUT2D eigenvalue weighted by molar-refractivity contribution is 0.0704. The van der Waals surface area contributed by atoms with Crippen LogP contribution in [0.1, 0.15) is 34.9 Å². The molecule has 0 spiro atoms. The topological polar surface area (TPSA) is 49.0 Å². The maximum Gasteiger partial charge on any atom is 0.254 e. The van der Waals surface area contributed by atoms with Crippen molar-refractivity contribution in [1.82, 2.24) is 14.9 Å². The van der Waals surface area contributed by atoms with Crippen LogP contribution in [0, 0.1) is 11.6 Å². The summed E-state index contributed by atoms with van der Waals surface area (Å²) in [5.74, 6) is -0.893. The molecular formula is C19H17F2N3O. The monoisotopic (exact) mass is 341 g/mol. The van der Waals surface area contributed by atoms with Crippen LogP contribution in [0.15, 0.2) is 42.5 Å². The Kier molecular flexibility index (Phi) is 3.95. The molecule has 0 unspecified atom stereocenters. The van der Waals surface area contributed by atoms with Gasteiger partial charge >= 0.3 is 0 Å². The predicted molar refractivity (Wildman–Crippen MR) is 90.3 cm³/mol. The molecule has 1 atom stereocenters. The van der Waals surface area contributed by atoms with Gasteiger partial charge in [0.25, 0.3) is 5.91 Å². The lowest BCUT2D eigenvalue weighted by Crippen LogP contribution is -2.39. The van der Waals surface area contributed by atoms with Gasteiger partial charge in [0.05, 0.1) is 11.0 Å². The molecule has 4 nitrogen and oxygen atoms in total. The van der Waals surface area contributed by atoms with E-state index < -0.39 is 11.6 Å². The van der Waals surface area contributed by atoms with E-state index in [9.17, 15) is 13.6 Å².